The van der Waals surface area contributed by atoms with Crippen LogP contribution in [0.4, 0.5) is 0 Å². The summed E-state index contributed by atoms with van der Waals surface area (Å²) >= 11 is 0. The maximum atomic E-state index is 11.7. The van der Waals surface area contributed by atoms with Crippen LogP contribution in [-0.2, 0) is 11.2 Å². The molecule has 0 aliphatic heterocycles. The van der Waals surface area contributed by atoms with Gasteiger partial charge in [-0.2, -0.15) is 0 Å². The number of carbonyl (C=O) groups excluding carboxylic acids is 1. The molecule has 0 fully saturated rings. The number of hydrogen-bond acceptors (Lipinski definition) is 4. The van der Waals surface area contributed by atoms with Gasteiger partial charge in [-0.05, 0) is 39.4 Å². The number of aromatic nitrogens is 1. The molecule has 0 bridgehead atoms. The van der Waals surface area contributed by atoms with Gasteiger partial charge in [-0.1, -0.05) is 6.07 Å². The summed E-state index contributed by atoms with van der Waals surface area (Å²) in [5, 5.41) is 0. The van der Waals surface area contributed by atoms with Crippen molar-refractivity contribution in [2.24, 2.45) is 5.73 Å². The van der Waals surface area contributed by atoms with Crippen molar-refractivity contribution in [2.75, 3.05) is 6.54 Å². The second-order valence-electron chi connectivity index (χ2n) is 4.55. The average molecular weight is 222 g/mol. The van der Waals surface area contributed by atoms with E-state index in [0.717, 1.165) is 5.69 Å². The van der Waals surface area contributed by atoms with Gasteiger partial charge in [0.25, 0.3) is 0 Å². The molecule has 2 N–H and O–H groups in total. The lowest BCUT2D eigenvalue weighted by Gasteiger charge is -2.19. The zero-order valence-electron chi connectivity index (χ0n) is 9.99. The predicted molar refractivity (Wildman–Crippen MR) is 62.2 cm³/mol. The summed E-state index contributed by atoms with van der Waals surface area (Å²) in [5.74, 6) is -0.397. The lowest BCUT2D eigenvalue weighted by Crippen LogP contribution is -2.24. The van der Waals surface area contributed by atoms with E-state index in [2.05, 4.69) is 4.98 Å². The highest BCUT2D eigenvalue weighted by molar-refractivity contribution is 5.87. The highest BCUT2D eigenvalue weighted by atomic mass is 16.6. The molecule has 0 spiro atoms. The molecule has 1 heterocycles. The first-order chi connectivity index (χ1) is 7.42. The Morgan fingerprint density at radius 2 is 2.12 bits per heavy atom. The van der Waals surface area contributed by atoms with E-state index in [4.69, 9.17) is 10.5 Å². The third-order valence-electron chi connectivity index (χ3n) is 1.82. The molecule has 1 rings (SSSR count). The molecular weight excluding hydrogens is 204 g/mol. The van der Waals surface area contributed by atoms with Gasteiger partial charge in [0.05, 0.1) is 0 Å². The Bertz CT molecular complexity index is 370. The summed E-state index contributed by atoms with van der Waals surface area (Å²) in [5.41, 5.74) is 6.08. The minimum atomic E-state index is -0.497. The van der Waals surface area contributed by atoms with E-state index >= 15 is 0 Å². The SMILES string of the molecule is CC(C)(C)OC(=O)c1cccc(CCN)n1. The maximum Gasteiger partial charge on any atom is 0.357 e. The fourth-order valence-corrected chi connectivity index (χ4v) is 1.21. The van der Waals surface area contributed by atoms with E-state index in [1.807, 2.05) is 26.8 Å². The van der Waals surface area contributed by atoms with Crippen molar-refractivity contribution in [1.29, 1.82) is 0 Å². The predicted octanol–water partition coefficient (Wildman–Crippen LogP) is 1.54. The summed E-state index contributed by atoms with van der Waals surface area (Å²) in [6, 6.07) is 5.28. The zero-order chi connectivity index (χ0) is 12.2. The first-order valence-corrected chi connectivity index (χ1v) is 5.32. The van der Waals surface area contributed by atoms with Gasteiger partial charge in [-0.15, -0.1) is 0 Å². The molecule has 1 aromatic heterocycles. The number of pyridine rings is 1. The molecule has 0 atom stereocenters. The lowest BCUT2D eigenvalue weighted by molar-refractivity contribution is 0.00625. The Morgan fingerprint density at radius 1 is 1.44 bits per heavy atom. The molecule has 4 nitrogen and oxygen atoms in total. The van der Waals surface area contributed by atoms with Crippen LogP contribution in [0.2, 0.25) is 0 Å². The summed E-state index contributed by atoms with van der Waals surface area (Å²) in [7, 11) is 0. The van der Waals surface area contributed by atoms with Crippen LogP contribution in [0.3, 0.4) is 0 Å². The second-order valence-corrected chi connectivity index (χ2v) is 4.55. The zero-order valence-corrected chi connectivity index (χ0v) is 9.99. The molecule has 1 aromatic rings. The van der Waals surface area contributed by atoms with E-state index in [-0.39, 0.29) is 0 Å². The Balaban J connectivity index is 2.79. The Morgan fingerprint density at radius 3 is 2.69 bits per heavy atom. The van der Waals surface area contributed by atoms with Gasteiger partial charge in [0, 0.05) is 12.1 Å². The van der Waals surface area contributed by atoms with Crippen molar-refractivity contribution in [3.05, 3.63) is 29.6 Å². The smallest absolute Gasteiger partial charge is 0.357 e. The standard InChI is InChI=1S/C12H18N2O2/c1-12(2,3)16-11(15)10-6-4-5-9(14-10)7-8-13/h4-6H,7-8,13H2,1-3H3. The van der Waals surface area contributed by atoms with Crippen molar-refractivity contribution in [3.63, 3.8) is 0 Å². The molecule has 0 radical (unpaired) electrons. The molecular formula is C12H18N2O2. The highest BCUT2D eigenvalue weighted by Crippen LogP contribution is 2.11. The van der Waals surface area contributed by atoms with E-state index in [1.54, 1.807) is 12.1 Å². The Labute approximate surface area is 95.8 Å². The van der Waals surface area contributed by atoms with Gasteiger partial charge < -0.3 is 10.5 Å². The van der Waals surface area contributed by atoms with Gasteiger partial charge in [-0.3, -0.25) is 0 Å². The molecule has 4 heteroatoms. The van der Waals surface area contributed by atoms with Crippen molar-refractivity contribution in [1.82, 2.24) is 4.98 Å². The molecule has 16 heavy (non-hydrogen) atoms. The molecule has 0 saturated carbocycles. The van der Waals surface area contributed by atoms with Crippen LogP contribution < -0.4 is 5.73 Å². The summed E-state index contributed by atoms with van der Waals surface area (Å²) in [6.45, 7) is 6.00. The second kappa shape index (κ2) is 5.07. The number of hydrogen-bond donors (Lipinski definition) is 1. The fraction of sp³-hybridized carbons (Fsp3) is 0.500. The average Bonchev–Trinajstić information content (AvgIpc) is 2.16. The molecule has 0 amide bonds. The van der Waals surface area contributed by atoms with Crippen LogP contribution in [0.5, 0.6) is 0 Å². The van der Waals surface area contributed by atoms with Gasteiger partial charge in [0.1, 0.15) is 11.3 Å². The van der Waals surface area contributed by atoms with E-state index in [1.165, 1.54) is 0 Å². The maximum absolute atomic E-state index is 11.7. The minimum Gasteiger partial charge on any atom is -0.455 e. The number of rotatable bonds is 3. The van der Waals surface area contributed by atoms with Crippen LogP contribution in [0.1, 0.15) is 37.0 Å². The van der Waals surface area contributed by atoms with Gasteiger partial charge >= 0.3 is 5.97 Å². The molecule has 88 valence electrons. The van der Waals surface area contributed by atoms with Crippen molar-refractivity contribution < 1.29 is 9.53 Å². The summed E-state index contributed by atoms with van der Waals surface area (Å²) in [4.78, 5) is 15.9. The monoisotopic (exact) mass is 222 g/mol. The molecule has 0 aliphatic rings. The van der Waals surface area contributed by atoms with E-state index < -0.39 is 11.6 Å². The normalized spacial score (nSPS) is 11.2. The third-order valence-corrected chi connectivity index (χ3v) is 1.82. The van der Waals surface area contributed by atoms with Crippen LogP contribution >= 0.6 is 0 Å². The van der Waals surface area contributed by atoms with Crippen LogP contribution in [-0.4, -0.2) is 23.1 Å². The van der Waals surface area contributed by atoms with Gasteiger partial charge in [0.2, 0.25) is 0 Å². The van der Waals surface area contributed by atoms with Crippen LogP contribution in [0.25, 0.3) is 0 Å². The summed E-state index contributed by atoms with van der Waals surface area (Å²) < 4.78 is 5.22. The van der Waals surface area contributed by atoms with Crippen LogP contribution in [0.15, 0.2) is 18.2 Å². The molecule has 0 aromatic carbocycles. The van der Waals surface area contributed by atoms with Crippen molar-refractivity contribution in [2.45, 2.75) is 32.8 Å². The van der Waals surface area contributed by atoms with E-state index in [9.17, 15) is 4.79 Å². The summed E-state index contributed by atoms with van der Waals surface area (Å²) in [6.07, 6.45) is 0.663. The molecule has 0 aliphatic carbocycles. The lowest BCUT2D eigenvalue weighted by atomic mass is 10.2. The minimum absolute atomic E-state index is 0.334. The van der Waals surface area contributed by atoms with Crippen molar-refractivity contribution >= 4 is 5.97 Å². The number of nitrogens with zero attached hydrogens (tertiary/aromatic N) is 1. The highest BCUT2D eigenvalue weighted by Gasteiger charge is 2.18. The molecule has 0 unspecified atom stereocenters. The number of ether oxygens (including phenoxy) is 1. The molecule has 0 saturated heterocycles. The number of nitrogens with two attached hydrogens (primary N) is 1. The van der Waals surface area contributed by atoms with Gasteiger partial charge in [0.15, 0.2) is 0 Å². The van der Waals surface area contributed by atoms with Crippen LogP contribution in [0, 0.1) is 0 Å². The fourth-order valence-electron chi connectivity index (χ4n) is 1.21. The number of carbonyl (C=O) groups is 1. The third kappa shape index (κ3) is 3.98. The topological polar surface area (TPSA) is 65.2 Å². The first-order valence-electron chi connectivity index (χ1n) is 5.32. The largest absolute Gasteiger partial charge is 0.455 e. The Hall–Kier alpha value is -1.42. The van der Waals surface area contributed by atoms with Crippen molar-refractivity contribution in [3.8, 4) is 0 Å². The van der Waals surface area contributed by atoms with E-state index in [0.29, 0.717) is 18.7 Å². The first kappa shape index (κ1) is 12.6. The number of esters is 1. The van der Waals surface area contributed by atoms with Gasteiger partial charge in [-0.25, -0.2) is 9.78 Å². The Kier molecular flexibility index (Phi) is 4.01. The quantitative estimate of drug-likeness (QED) is 0.788.